The highest BCUT2D eigenvalue weighted by Crippen LogP contribution is 2.23. The second kappa shape index (κ2) is 10.5. The van der Waals surface area contributed by atoms with Crippen LogP contribution in [0.2, 0.25) is 0 Å². The summed E-state index contributed by atoms with van der Waals surface area (Å²) in [4.78, 5) is 22.0. The number of carbonyl (C=O) groups is 2. The molecule has 0 saturated heterocycles. The number of nitrogens with two attached hydrogens (primary N) is 2. The molecule has 0 spiro atoms. The summed E-state index contributed by atoms with van der Waals surface area (Å²) in [6.45, 7) is 0. The quantitative estimate of drug-likeness (QED) is 0.352. The number of hydrogen-bond acceptors (Lipinski definition) is 8. The van der Waals surface area contributed by atoms with Gasteiger partial charge in [-0.2, -0.15) is 0 Å². The van der Waals surface area contributed by atoms with Gasteiger partial charge in [0.05, 0.1) is 14.2 Å². The second-order valence-corrected chi connectivity index (χ2v) is 6.18. The van der Waals surface area contributed by atoms with E-state index in [2.05, 4.69) is 9.47 Å². The van der Waals surface area contributed by atoms with Crippen LogP contribution in [-0.2, 0) is 19.1 Å². The predicted octanol–water partition coefficient (Wildman–Crippen LogP) is 0.149. The lowest BCUT2D eigenvalue weighted by atomic mass is 10.2. The maximum absolute atomic E-state index is 11.0. The minimum atomic E-state index is -0.569. The zero-order chi connectivity index (χ0) is 14.0. The van der Waals surface area contributed by atoms with Gasteiger partial charge in [0.2, 0.25) is 0 Å². The van der Waals surface area contributed by atoms with E-state index in [-0.39, 0.29) is 0 Å². The zero-order valence-electron chi connectivity index (χ0n) is 10.6. The summed E-state index contributed by atoms with van der Waals surface area (Å²) in [6.07, 6.45) is 1.13. The van der Waals surface area contributed by atoms with Crippen molar-refractivity contribution in [2.24, 2.45) is 11.5 Å². The molecule has 8 heteroatoms. The maximum Gasteiger partial charge on any atom is 0.322 e. The van der Waals surface area contributed by atoms with Crippen molar-refractivity contribution in [1.82, 2.24) is 0 Å². The van der Waals surface area contributed by atoms with Gasteiger partial charge in [-0.15, -0.1) is 0 Å². The minimum Gasteiger partial charge on any atom is -0.468 e. The van der Waals surface area contributed by atoms with Gasteiger partial charge in [0.15, 0.2) is 0 Å². The van der Waals surface area contributed by atoms with Crippen LogP contribution in [0.5, 0.6) is 0 Å². The summed E-state index contributed by atoms with van der Waals surface area (Å²) in [5.74, 6) is 0.699. The van der Waals surface area contributed by atoms with Crippen LogP contribution in [0.1, 0.15) is 12.8 Å². The number of rotatable bonds is 9. The smallest absolute Gasteiger partial charge is 0.322 e. The fourth-order valence-corrected chi connectivity index (χ4v) is 3.23. The molecule has 0 aromatic carbocycles. The molecule has 106 valence electrons. The van der Waals surface area contributed by atoms with Gasteiger partial charge in [-0.3, -0.25) is 9.59 Å². The molecule has 0 rings (SSSR count). The van der Waals surface area contributed by atoms with E-state index in [0.717, 1.165) is 11.5 Å². The normalized spacial score (nSPS) is 13.8. The molecule has 18 heavy (non-hydrogen) atoms. The Morgan fingerprint density at radius 1 is 0.944 bits per heavy atom. The van der Waals surface area contributed by atoms with E-state index in [1.807, 2.05) is 0 Å². The molecule has 0 bridgehead atoms. The van der Waals surface area contributed by atoms with Gasteiger partial charge >= 0.3 is 11.9 Å². The number of esters is 2. The lowest BCUT2D eigenvalue weighted by molar-refractivity contribution is -0.143. The van der Waals surface area contributed by atoms with Gasteiger partial charge in [0.1, 0.15) is 12.1 Å². The van der Waals surface area contributed by atoms with Gasteiger partial charge in [0, 0.05) is 11.5 Å². The molecular formula is C10H20N2O4S2. The first-order valence-electron chi connectivity index (χ1n) is 5.44. The van der Waals surface area contributed by atoms with Crippen LogP contribution in [0.15, 0.2) is 0 Å². The highest BCUT2D eigenvalue weighted by molar-refractivity contribution is 8.76. The van der Waals surface area contributed by atoms with Crippen LogP contribution in [0.4, 0.5) is 0 Å². The van der Waals surface area contributed by atoms with Crippen molar-refractivity contribution in [1.29, 1.82) is 0 Å². The maximum atomic E-state index is 11.0. The third kappa shape index (κ3) is 7.80. The molecule has 0 heterocycles. The van der Waals surface area contributed by atoms with Gasteiger partial charge in [0.25, 0.3) is 0 Å². The van der Waals surface area contributed by atoms with Crippen molar-refractivity contribution in [2.45, 2.75) is 24.9 Å². The predicted molar refractivity (Wildman–Crippen MR) is 74.1 cm³/mol. The van der Waals surface area contributed by atoms with Crippen molar-refractivity contribution in [3.8, 4) is 0 Å². The molecule has 0 aromatic rings. The number of carbonyl (C=O) groups excluding carboxylic acids is 2. The van der Waals surface area contributed by atoms with Gasteiger partial charge < -0.3 is 20.9 Å². The van der Waals surface area contributed by atoms with Crippen LogP contribution in [0.25, 0.3) is 0 Å². The lowest BCUT2D eigenvalue weighted by Crippen LogP contribution is -2.32. The van der Waals surface area contributed by atoms with Crippen molar-refractivity contribution in [3.05, 3.63) is 0 Å². The molecule has 0 aromatic heterocycles. The van der Waals surface area contributed by atoms with E-state index < -0.39 is 24.0 Å². The molecule has 4 N–H and O–H groups in total. The molecule has 6 nitrogen and oxygen atoms in total. The first kappa shape index (κ1) is 17.6. The molecule has 0 aliphatic carbocycles. The van der Waals surface area contributed by atoms with Crippen LogP contribution in [-0.4, -0.2) is 49.7 Å². The Morgan fingerprint density at radius 2 is 1.28 bits per heavy atom. The average molecular weight is 296 g/mol. The number of hydrogen-bond donors (Lipinski definition) is 2. The number of ether oxygens (including phenoxy) is 2. The Kier molecular flexibility index (Phi) is 10.2. The topological polar surface area (TPSA) is 105 Å². The average Bonchev–Trinajstić information content (AvgIpc) is 2.39. The van der Waals surface area contributed by atoms with Crippen molar-refractivity contribution >= 4 is 33.5 Å². The van der Waals surface area contributed by atoms with Crippen LogP contribution in [0, 0.1) is 0 Å². The molecular weight excluding hydrogens is 276 g/mol. The summed E-state index contributed by atoms with van der Waals surface area (Å²) >= 11 is 0. The molecule has 0 aliphatic heterocycles. The molecule has 0 saturated carbocycles. The first-order valence-corrected chi connectivity index (χ1v) is 7.93. The third-order valence-corrected chi connectivity index (χ3v) is 4.59. The third-order valence-electron chi connectivity index (χ3n) is 2.12. The van der Waals surface area contributed by atoms with E-state index in [1.165, 1.54) is 14.2 Å². The van der Waals surface area contributed by atoms with E-state index in [0.29, 0.717) is 12.8 Å². The SMILES string of the molecule is COC(=O)[C@H](N)CCSSCC[C@@H](N)C(=O)OC. The zero-order valence-corrected chi connectivity index (χ0v) is 12.2. The molecule has 0 amide bonds. The largest absolute Gasteiger partial charge is 0.468 e. The Hall–Kier alpha value is -0.440. The summed E-state index contributed by atoms with van der Waals surface area (Å²) in [5.41, 5.74) is 11.1. The minimum absolute atomic E-state index is 0.395. The van der Waals surface area contributed by atoms with Gasteiger partial charge in [-0.05, 0) is 12.8 Å². The summed E-state index contributed by atoms with van der Waals surface area (Å²) in [6, 6.07) is -1.14. The number of methoxy groups -OCH3 is 2. The monoisotopic (exact) mass is 296 g/mol. The van der Waals surface area contributed by atoms with Gasteiger partial charge in [-0.1, -0.05) is 21.6 Å². The van der Waals surface area contributed by atoms with E-state index >= 15 is 0 Å². The summed E-state index contributed by atoms with van der Waals surface area (Å²) < 4.78 is 9.02. The Balaban J connectivity index is 3.46. The lowest BCUT2D eigenvalue weighted by Gasteiger charge is -2.09. The van der Waals surface area contributed by atoms with Gasteiger partial charge in [-0.25, -0.2) is 0 Å². The van der Waals surface area contributed by atoms with Crippen molar-refractivity contribution < 1.29 is 19.1 Å². The Labute approximate surface area is 115 Å². The van der Waals surface area contributed by atoms with Crippen LogP contribution in [0.3, 0.4) is 0 Å². The van der Waals surface area contributed by atoms with Crippen molar-refractivity contribution in [3.63, 3.8) is 0 Å². The summed E-state index contributed by atoms with van der Waals surface area (Å²) in [7, 11) is 5.82. The summed E-state index contributed by atoms with van der Waals surface area (Å²) in [5, 5.41) is 0. The molecule has 0 fully saturated rings. The van der Waals surface area contributed by atoms with E-state index in [9.17, 15) is 9.59 Å². The molecule has 0 unspecified atom stereocenters. The Morgan fingerprint density at radius 3 is 1.56 bits per heavy atom. The molecule has 0 radical (unpaired) electrons. The highest BCUT2D eigenvalue weighted by atomic mass is 33.1. The fraction of sp³-hybridized carbons (Fsp3) is 0.800. The highest BCUT2D eigenvalue weighted by Gasteiger charge is 2.14. The second-order valence-electron chi connectivity index (χ2n) is 3.48. The Bertz CT molecular complexity index is 240. The van der Waals surface area contributed by atoms with Crippen LogP contribution < -0.4 is 11.5 Å². The molecule has 2 atom stereocenters. The van der Waals surface area contributed by atoms with Crippen molar-refractivity contribution in [2.75, 3.05) is 25.7 Å². The first-order chi connectivity index (χ1) is 8.52. The molecule has 0 aliphatic rings. The fourth-order valence-electron chi connectivity index (χ4n) is 1.01. The van der Waals surface area contributed by atoms with Crippen LogP contribution >= 0.6 is 21.6 Å². The van der Waals surface area contributed by atoms with E-state index in [1.54, 1.807) is 21.6 Å². The standard InChI is InChI=1S/C10H20N2O4S2/c1-15-9(13)7(11)3-5-17-18-6-4-8(12)10(14)16-2/h7-8H,3-6,11-12H2,1-2H3/t7-,8-/m1/s1. The van der Waals surface area contributed by atoms with E-state index in [4.69, 9.17) is 11.5 Å².